The van der Waals surface area contributed by atoms with Gasteiger partial charge >= 0.3 is 0 Å². The lowest BCUT2D eigenvalue weighted by Gasteiger charge is -2.22. The summed E-state index contributed by atoms with van der Waals surface area (Å²) in [5.74, 6) is -1.22. The summed E-state index contributed by atoms with van der Waals surface area (Å²) in [5.41, 5.74) is 7.11. The minimum absolute atomic E-state index is 0.0387. The lowest BCUT2D eigenvalue weighted by atomic mass is 9.98. The number of rotatable bonds is 7. The first-order valence-electron chi connectivity index (χ1n) is 8.62. The third-order valence-corrected chi connectivity index (χ3v) is 4.51. The van der Waals surface area contributed by atoms with Crippen molar-refractivity contribution in [3.05, 3.63) is 70.5 Å². The predicted octanol–water partition coefficient (Wildman–Crippen LogP) is 2.78. The third kappa shape index (κ3) is 5.77. The van der Waals surface area contributed by atoms with Crippen LogP contribution in [0, 0.1) is 11.7 Å². The number of nitrogens with two attached hydrogens (primary N) is 1. The Morgan fingerprint density at radius 2 is 1.74 bits per heavy atom. The van der Waals surface area contributed by atoms with Gasteiger partial charge in [-0.1, -0.05) is 55.8 Å². The van der Waals surface area contributed by atoms with E-state index in [-0.39, 0.29) is 18.3 Å². The van der Waals surface area contributed by atoms with Crippen LogP contribution in [-0.2, 0) is 9.59 Å². The second kappa shape index (κ2) is 9.48. The first-order chi connectivity index (χ1) is 12.8. The van der Waals surface area contributed by atoms with Crippen molar-refractivity contribution in [2.75, 3.05) is 6.54 Å². The van der Waals surface area contributed by atoms with Crippen molar-refractivity contribution in [1.82, 2.24) is 10.6 Å². The summed E-state index contributed by atoms with van der Waals surface area (Å²) in [6.45, 7) is 3.43. The Kier molecular flexibility index (Phi) is 7.33. The van der Waals surface area contributed by atoms with Crippen molar-refractivity contribution >= 4 is 23.4 Å². The Labute approximate surface area is 163 Å². The summed E-state index contributed by atoms with van der Waals surface area (Å²) in [4.78, 5) is 24.3. The molecule has 0 saturated heterocycles. The van der Waals surface area contributed by atoms with Crippen LogP contribution in [0.1, 0.15) is 31.0 Å². The van der Waals surface area contributed by atoms with Crippen LogP contribution in [0.3, 0.4) is 0 Å². The molecule has 2 rings (SSSR count). The number of amides is 2. The van der Waals surface area contributed by atoms with Crippen LogP contribution in [0.2, 0.25) is 5.02 Å². The van der Waals surface area contributed by atoms with Crippen LogP contribution in [0.5, 0.6) is 0 Å². The fraction of sp³-hybridized carbons (Fsp3) is 0.300. The monoisotopic (exact) mass is 391 g/mol. The molecule has 144 valence electrons. The van der Waals surface area contributed by atoms with Crippen molar-refractivity contribution in [2.45, 2.75) is 25.9 Å². The largest absolute Gasteiger partial charge is 0.346 e. The topological polar surface area (TPSA) is 84.2 Å². The summed E-state index contributed by atoms with van der Waals surface area (Å²) in [6, 6.07) is 11.6. The number of halogens is 2. The van der Waals surface area contributed by atoms with E-state index in [1.165, 1.54) is 12.1 Å². The van der Waals surface area contributed by atoms with Gasteiger partial charge < -0.3 is 16.4 Å². The number of hydrogen-bond donors (Lipinski definition) is 3. The highest BCUT2D eigenvalue weighted by molar-refractivity contribution is 6.31. The van der Waals surface area contributed by atoms with E-state index in [2.05, 4.69) is 10.6 Å². The van der Waals surface area contributed by atoms with Crippen LogP contribution in [-0.4, -0.2) is 24.4 Å². The molecule has 2 aromatic carbocycles. The van der Waals surface area contributed by atoms with Crippen LogP contribution in [0.25, 0.3) is 0 Å². The number of nitrogens with one attached hydrogen (secondary N) is 2. The molecule has 1 unspecified atom stereocenters. The van der Waals surface area contributed by atoms with Gasteiger partial charge in [0.05, 0.1) is 18.6 Å². The van der Waals surface area contributed by atoms with Gasteiger partial charge in [0.15, 0.2) is 0 Å². The molecule has 2 amide bonds. The first-order valence-corrected chi connectivity index (χ1v) is 9.00. The van der Waals surface area contributed by atoms with Gasteiger partial charge in [0, 0.05) is 5.02 Å². The summed E-state index contributed by atoms with van der Waals surface area (Å²) in [6.07, 6.45) is 0. The van der Waals surface area contributed by atoms with Gasteiger partial charge in [-0.2, -0.15) is 0 Å². The second-order valence-corrected chi connectivity index (χ2v) is 6.97. The minimum Gasteiger partial charge on any atom is -0.346 e. The molecule has 5 nitrogen and oxygen atoms in total. The fourth-order valence-electron chi connectivity index (χ4n) is 2.51. The Bertz CT molecular complexity index is 796. The molecule has 4 N–H and O–H groups in total. The zero-order valence-corrected chi connectivity index (χ0v) is 16.0. The SMILES string of the molecule is CC(C)[C@H](N)C(=O)NCC(=O)NC(c1ccc(F)cc1)c1ccccc1Cl. The van der Waals surface area contributed by atoms with Crippen LogP contribution in [0.15, 0.2) is 48.5 Å². The molecule has 0 heterocycles. The van der Waals surface area contributed by atoms with E-state index in [1.807, 2.05) is 13.8 Å². The molecular weight excluding hydrogens is 369 g/mol. The average molecular weight is 392 g/mol. The molecule has 0 aliphatic heterocycles. The lowest BCUT2D eigenvalue weighted by Crippen LogP contribution is -2.47. The van der Waals surface area contributed by atoms with Crippen LogP contribution < -0.4 is 16.4 Å². The summed E-state index contributed by atoms with van der Waals surface area (Å²) in [7, 11) is 0. The molecule has 0 aromatic heterocycles. The molecule has 0 saturated carbocycles. The number of benzene rings is 2. The summed E-state index contributed by atoms with van der Waals surface area (Å²) < 4.78 is 13.3. The maximum atomic E-state index is 13.3. The maximum Gasteiger partial charge on any atom is 0.240 e. The first kappa shape index (κ1) is 20.9. The predicted molar refractivity (Wildman–Crippen MR) is 104 cm³/mol. The Hall–Kier alpha value is -2.44. The maximum absolute atomic E-state index is 13.3. The van der Waals surface area contributed by atoms with Crippen molar-refractivity contribution in [1.29, 1.82) is 0 Å². The normalized spacial score (nSPS) is 13.1. The van der Waals surface area contributed by atoms with E-state index in [0.717, 1.165) is 0 Å². The molecule has 2 aromatic rings. The Morgan fingerprint density at radius 3 is 2.33 bits per heavy atom. The molecule has 0 spiro atoms. The van der Waals surface area contributed by atoms with E-state index in [9.17, 15) is 14.0 Å². The highest BCUT2D eigenvalue weighted by Crippen LogP contribution is 2.28. The molecule has 0 aliphatic rings. The molecule has 2 atom stereocenters. The minimum atomic E-state index is -0.686. The van der Waals surface area contributed by atoms with E-state index in [0.29, 0.717) is 16.1 Å². The zero-order valence-electron chi connectivity index (χ0n) is 15.2. The van der Waals surface area contributed by atoms with Gasteiger partial charge in [0.2, 0.25) is 11.8 Å². The molecule has 0 radical (unpaired) electrons. The smallest absolute Gasteiger partial charge is 0.240 e. The van der Waals surface area contributed by atoms with Crippen molar-refractivity contribution in [2.24, 2.45) is 11.7 Å². The average Bonchev–Trinajstić information content (AvgIpc) is 2.65. The molecule has 27 heavy (non-hydrogen) atoms. The van der Waals surface area contributed by atoms with Gasteiger partial charge in [-0.05, 0) is 35.2 Å². The summed E-state index contributed by atoms with van der Waals surface area (Å²) >= 11 is 6.28. The van der Waals surface area contributed by atoms with Crippen molar-refractivity contribution in [3.63, 3.8) is 0 Å². The number of carbonyl (C=O) groups excluding carboxylic acids is 2. The van der Waals surface area contributed by atoms with E-state index < -0.39 is 23.9 Å². The van der Waals surface area contributed by atoms with E-state index in [4.69, 9.17) is 17.3 Å². The standard InChI is InChI=1S/C20H23ClFN3O2/c1-12(2)18(23)20(27)24-11-17(26)25-19(13-7-9-14(22)10-8-13)15-5-3-4-6-16(15)21/h3-10,12,18-19H,11,23H2,1-2H3,(H,24,27)(H,25,26)/t18-,19?/m0/s1. The zero-order chi connectivity index (χ0) is 20.0. The highest BCUT2D eigenvalue weighted by atomic mass is 35.5. The van der Waals surface area contributed by atoms with Gasteiger partial charge in [0.1, 0.15) is 5.82 Å². The molecule has 0 bridgehead atoms. The van der Waals surface area contributed by atoms with E-state index in [1.54, 1.807) is 36.4 Å². The molecule has 0 aliphatic carbocycles. The van der Waals surface area contributed by atoms with Gasteiger partial charge in [0.25, 0.3) is 0 Å². The van der Waals surface area contributed by atoms with Gasteiger partial charge in [-0.25, -0.2) is 4.39 Å². The van der Waals surface area contributed by atoms with Crippen molar-refractivity contribution in [3.8, 4) is 0 Å². The summed E-state index contributed by atoms with van der Waals surface area (Å²) in [5, 5.41) is 5.83. The van der Waals surface area contributed by atoms with Crippen LogP contribution >= 0.6 is 11.6 Å². The highest BCUT2D eigenvalue weighted by Gasteiger charge is 2.21. The number of hydrogen-bond acceptors (Lipinski definition) is 3. The van der Waals surface area contributed by atoms with Crippen LogP contribution in [0.4, 0.5) is 4.39 Å². The quantitative estimate of drug-likeness (QED) is 0.678. The van der Waals surface area contributed by atoms with Gasteiger partial charge in [-0.15, -0.1) is 0 Å². The second-order valence-electron chi connectivity index (χ2n) is 6.56. The molecule has 7 heteroatoms. The fourth-order valence-corrected chi connectivity index (χ4v) is 2.75. The Balaban J connectivity index is 2.15. The Morgan fingerprint density at radius 1 is 1.11 bits per heavy atom. The van der Waals surface area contributed by atoms with E-state index >= 15 is 0 Å². The molecular formula is C20H23ClFN3O2. The lowest BCUT2D eigenvalue weighted by molar-refractivity contribution is -0.127. The number of carbonyl (C=O) groups is 2. The van der Waals surface area contributed by atoms with Crippen molar-refractivity contribution < 1.29 is 14.0 Å². The third-order valence-electron chi connectivity index (χ3n) is 4.17. The van der Waals surface area contributed by atoms with Gasteiger partial charge in [-0.3, -0.25) is 9.59 Å². The molecule has 0 fully saturated rings.